The fourth-order valence-electron chi connectivity index (χ4n) is 3.20. The predicted octanol–water partition coefficient (Wildman–Crippen LogP) is 2.89. The van der Waals surface area contributed by atoms with Crippen LogP contribution < -0.4 is 4.90 Å². The summed E-state index contributed by atoms with van der Waals surface area (Å²) in [4.78, 5) is 48.9. The zero-order valence-corrected chi connectivity index (χ0v) is 16.9. The molecule has 154 valence electrons. The Morgan fingerprint density at radius 3 is 2.21 bits per heavy atom. The molecule has 0 aliphatic carbocycles. The number of halogens is 1. The summed E-state index contributed by atoms with van der Waals surface area (Å²) in [5.74, 6) is -3.18. The maximum atomic E-state index is 13.0. The number of benzene rings is 1. The van der Waals surface area contributed by atoms with Crippen LogP contribution in [0.5, 0.6) is 0 Å². The molecule has 0 saturated heterocycles. The van der Waals surface area contributed by atoms with Crippen LogP contribution >= 0.6 is 11.6 Å². The molecule has 8 nitrogen and oxygen atoms in total. The van der Waals surface area contributed by atoms with Crippen LogP contribution in [-0.2, 0) is 21.4 Å². The summed E-state index contributed by atoms with van der Waals surface area (Å²) in [5.41, 5.74) is 1.23. The predicted molar refractivity (Wildman–Crippen MR) is 106 cm³/mol. The van der Waals surface area contributed by atoms with Gasteiger partial charge in [0.2, 0.25) is 11.7 Å². The number of hydrogen-bond donors (Lipinski definition) is 2. The van der Waals surface area contributed by atoms with E-state index in [2.05, 4.69) is 0 Å². The molecule has 0 saturated carbocycles. The summed E-state index contributed by atoms with van der Waals surface area (Å²) in [6, 6.07) is 6.49. The highest BCUT2D eigenvalue weighted by Gasteiger charge is 2.33. The fraction of sp³-hybridized carbons (Fsp3) is 0.300. The van der Waals surface area contributed by atoms with Crippen molar-refractivity contribution < 1.29 is 29.4 Å². The van der Waals surface area contributed by atoms with Gasteiger partial charge in [-0.2, -0.15) is 0 Å². The molecule has 2 aromatic rings. The summed E-state index contributed by atoms with van der Waals surface area (Å²) in [6.07, 6.45) is -0.685. The molecule has 0 fully saturated rings. The van der Waals surface area contributed by atoms with Crippen molar-refractivity contribution in [3.8, 4) is 0 Å². The molecule has 0 spiro atoms. The Bertz CT molecular complexity index is 964. The average Bonchev–Trinajstić information content (AvgIpc) is 2.91. The van der Waals surface area contributed by atoms with Crippen molar-refractivity contribution in [1.82, 2.24) is 4.57 Å². The molecule has 1 atom stereocenters. The minimum absolute atomic E-state index is 0.199. The first-order valence-corrected chi connectivity index (χ1v) is 9.13. The lowest BCUT2D eigenvalue weighted by molar-refractivity contribution is -0.141. The van der Waals surface area contributed by atoms with Gasteiger partial charge in [0.25, 0.3) is 0 Å². The average molecular weight is 421 g/mol. The number of ketones is 1. The van der Waals surface area contributed by atoms with Crippen LogP contribution in [-0.4, -0.2) is 44.5 Å². The largest absolute Gasteiger partial charge is 0.481 e. The first-order valence-electron chi connectivity index (χ1n) is 8.75. The van der Waals surface area contributed by atoms with E-state index in [1.54, 1.807) is 44.3 Å². The first-order chi connectivity index (χ1) is 13.5. The number of carbonyl (C=O) groups excluding carboxylic acids is 2. The van der Waals surface area contributed by atoms with Gasteiger partial charge in [0, 0.05) is 31.0 Å². The molecule has 9 heteroatoms. The van der Waals surface area contributed by atoms with Crippen molar-refractivity contribution in [2.45, 2.75) is 32.7 Å². The highest BCUT2D eigenvalue weighted by Crippen LogP contribution is 2.28. The maximum Gasteiger partial charge on any atom is 0.326 e. The summed E-state index contributed by atoms with van der Waals surface area (Å²) in [5, 5.41) is 19.0. The van der Waals surface area contributed by atoms with E-state index in [0.29, 0.717) is 16.1 Å². The number of carbonyl (C=O) groups is 4. The number of nitrogens with zero attached hydrogens (tertiary/aromatic N) is 2. The topological polar surface area (TPSA) is 117 Å². The van der Waals surface area contributed by atoms with E-state index in [0.717, 1.165) is 4.90 Å². The molecule has 0 bridgehead atoms. The molecule has 0 aliphatic rings. The van der Waals surface area contributed by atoms with Gasteiger partial charge in [0.1, 0.15) is 11.9 Å². The fourth-order valence-corrected chi connectivity index (χ4v) is 3.33. The van der Waals surface area contributed by atoms with E-state index in [-0.39, 0.29) is 23.7 Å². The number of aryl methyl sites for hydroxylation is 1. The van der Waals surface area contributed by atoms with Gasteiger partial charge in [0.15, 0.2) is 0 Å². The smallest absolute Gasteiger partial charge is 0.326 e. The van der Waals surface area contributed by atoms with Crippen molar-refractivity contribution >= 4 is 41.0 Å². The molecule has 29 heavy (non-hydrogen) atoms. The molecule has 0 aliphatic heterocycles. The number of carboxylic acids is 2. The van der Waals surface area contributed by atoms with Crippen LogP contribution in [0.1, 0.15) is 41.4 Å². The Morgan fingerprint density at radius 2 is 1.72 bits per heavy atom. The standard InChI is InChI=1S/C20H21ClN2O6/c1-11-10-16(23(12(2)24)15(20(28)29)8-9-17(25)26)22(3)18(11)19(27)13-4-6-14(21)7-5-13/h4-7,10,15H,8-9H2,1-3H3,(H,25,26)(H,28,29)/t15-/m0/s1. The van der Waals surface area contributed by atoms with Gasteiger partial charge in [-0.15, -0.1) is 0 Å². The molecule has 2 rings (SSSR count). The van der Waals surface area contributed by atoms with Gasteiger partial charge in [-0.3, -0.25) is 19.3 Å². The Balaban J connectivity index is 2.51. The Hall–Kier alpha value is -3.13. The molecule has 1 aromatic carbocycles. The van der Waals surface area contributed by atoms with E-state index in [1.807, 2.05) is 0 Å². The molecular weight excluding hydrogens is 400 g/mol. The van der Waals surface area contributed by atoms with Crippen molar-refractivity contribution in [3.63, 3.8) is 0 Å². The summed E-state index contributed by atoms with van der Waals surface area (Å²) in [7, 11) is 1.55. The SMILES string of the molecule is CC(=O)N(c1cc(C)c(C(=O)c2ccc(Cl)cc2)n1C)[C@@H](CCC(=O)O)C(=O)O. The second kappa shape index (κ2) is 8.91. The second-order valence-corrected chi connectivity index (χ2v) is 7.04. The zero-order valence-electron chi connectivity index (χ0n) is 16.2. The van der Waals surface area contributed by atoms with Crippen molar-refractivity contribution in [2.75, 3.05) is 4.90 Å². The number of aromatic nitrogens is 1. The van der Waals surface area contributed by atoms with E-state index < -0.39 is 30.3 Å². The van der Waals surface area contributed by atoms with Crippen molar-refractivity contribution in [2.24, 2.45) is 7.05 Å². The van der Waals surface area contributed by atoms with E-state index in [4.69, 9.17) is 16.7 Å². The molecule has 1 heterocycles. The molecule has 0 unspecified atom stereocenters. The number of rotatable bonds is 8. The van der Waals surface area contributed by atoms with Gasteiger partial charge in [0.05, 0.1) is 5.69 Å². The third-order valence-corrected chi connectivity index (χ3v) is 4.79. The first kappa shape index (κ1) is 22.2. The summed E-state index contributed by atoms with van der Waals surface area (Å²) in [6.45, 7) is 2.87. The lowest BCUT2D eigenvalue weighted by Gasteiger charge is -2.28. The van der Waals surface area contributed by atoms with E-state index in [9.17, 15) is 24.3 Å². The molecule has 1 amide bonds. The highest BCUT2D eigenvalue weighted by atomic mass is 35.5. The van der Waals surface area contributed by atoms with Gasteiger partial charge in [-0.1, -0.05) is 11.6 Å². The maximum absolute atomic E-state index is 13.0. The summed E-state index contributed by atoms with van der Waals surface area (Å²) < 4.78 is 1.45. The number of amides is 1. The number of hydrogen-bond acceptors (Lipinski definition) is 4. The van der Waals surface area contributed by atoms with Crippen LogP contribution in [0.15, 0.2) is 30.3 Å². The molecule has 2 N–H and O–H groups in total. The third-order valence-electron chi connectivity index (χ3n) is 4.53. The number of aliphatic carboxylic acids is 2. The highest BCUT2D eigenvalue weighted by molar-refractivity contribution is 6.30. The zero-order chi connectivity index (χ0) is 21.9. The molecular formula is C20H21ClN2O6. The minimum Gasteiger partial charge on any atom is -0.481 e. The van der Waals surface area contributed by atoms with Crippen molar-refractivity contribution in [3.05, 3.63) is 52.2 Å². The van der Waals surface area contributed by atoms with Gasteiger partial charge in [-0.05, 0) is 49.2 Å². The second-order valence-electron chi connectivity index (χ2n) is 6.60. The molecule has 1 aromatic heterocycles. The quantitative estimate of drug-likeness (QED) is 0.634. The van der Waals surface area contributed by atoms with E-state index in [1.165, 1.54) is 11.5 Å². The van der Waals surface area contributed by atoms with Gasteiger partial charge < -0.3 is 14.8 Å². The van der Waals surface area contributed by atoms with Crippen LogP contribution in [0, 0.1) is 6.92 Å². The molecule has 0 radical (unpaired) electrons. The lowest BCUT2D eigenvalue weighted by Crippen LogP contribution is -2.45. The van der Waals surface area contributed by atoms with Crippen LogP contribution in [0.25, 0.3) is 0 Å². The van der Waals surface area contributed by atoms with Crippen molar-refractivity contribution in [1.29, 1.82) is 0 Å². The third kappa shape index (κ3) is 4.83. The number of anilines is 1. The Kier molecular flexibility index (Phi) is 6.81. The normalized spacial score (nSPS) is 11.7. The van der Waals surface area contributed by atoms with Gasteiger partial charge >= 0.3 is 11.9 Å². The lowest BCUT2D eigenvalue weighted by atomic mass is 10.1. The van der Waals surface area contributed by atoms with Crippen LogP contribution in [0.2, 0.25) is 5.02 Å². The van der Waals surface area contributed by atoms with Crippen LogP contribution in [0.3, 0.4) is 0 Å². The Labute approximate surface area is 172 Å². The van der Waals surface area contributed by atoms with Gasteiger partial charge in [-0.25, -0.2) is 4.79 Å². The minimum atomic E-state index is -1.38. The Morgan fingerprint density at radius 1 is 1.14 bits per heavy atom. The number of carboxylic acid groups (broad SMARTS) is 2. The monoisotopic (exact) mass is 420 g/mol. The summed E-state index contributed by atoms with van der Waals surface area (Å²) >= 11 is 5.86. The van der Waals surface area contributed by atoms with Crippen LogP contribution in [0.4, 0.5) is 5.82 Å². The van der Waals surface area contributed by atoms with E-state index >= 15 is 0 Å².